The summed E-state index contributed by atoms with van der Waals surface area (Å²) in [7, 11) is 0. The van der Waals surface area contributed by atoms with Crippen LogP contribution in [0.3, 0.4) is 0 Å². The van der Waals surface area contributed by atoms with E-state index in [-0.39, 0.29) is 30.3 Å². The van der Waals surface area contributed by atoms with Crippen LogP contribution in [-0.4, -0.2) is 11.7 Å². The number of carbonyl (C=O) groups is 2. The third kappa shape index (κ3) is 4.35. The topological polar surface area (TPSA) is 46.2 Å². The van der Waals surface area contributed by atoms with Gasteiger partial charge in [0, 0.05) is 18.5 Å². The smallest absolute Gasteiger partial charge is 0.224 e. The van der Waals surface area contributed by atoms with Crippen LogP contribution < -0.4 is 5.32 Å². The molecule has 0 bridgehead atoms. The van der Waals surface area contributed by atoms with E-state index >= 15 is 0 Å². The second-order valence-electron chi connectivity index (χ2n) is 3.26. The first-order valence-electron chi connectivity index (χ1n) is 4.63. The van der Waals surface area contributed by atoms with Crippen LogP contribution in [-0.2, 0) is 9.59 Å². The van der Waals surface area contributed by atoms with Gasteiger partial charge in [-0.25, -0.2) is 4.39 Å². The van der Waals surface area contributed by atoms with Gasteiger partial charge in [-0.1, -0.05) is 0 Å². The fraction of sp³-hybridized carbons (Fsp3) is 0.273. The molecular formula is C11H12FNO2. The van der Waals surface area contributed by atoms with E-state index in [0.29, 0.717) is 5.69 Å². The minimum atomic E-state index is -0.350. The maximum atomic E-state index is 12.5. The molecule has 0 saturated heterocycles. The molecule has 0 heterocycles. The van der Waals surface area contributed by atoms with Crippen molar-refractivity contribution in [1.29, 1.82) is 0 Å². The lowest BCUT2D eigenvalue weighted by atomic mass is 10.2. The SMILES string of the molecule is CC(=O)CCC(=O)Nc1ccc(F)cc1. The van der Waals surface area contributed by atoms with Crippen molar-refractivity contribution in [2.24, 2.45) is 0 Å². The monoisotopic (exact) mass is 209 g/mol. The number of nitrogens with one attached hydrogen (secondary N) is 1. The number of benzene rings is 1. The van der Waals surface area contributed by atoms with E-state index in [9.17, 15) is 14.0 Å². The van der Waals surface area contributed by atoms with Crippen LogP contribution in [0, 0.1) is 5.82 Å². The van der Waals surface area contributed by atoms with Gasteiger partial charge < -0.3 is 10.1 Å². The fourth-order valence-corrected chi connectivity index (χ4v) is 1.05. The van der Waals surface area contributed by atoms with Crippen molar-refractivity contribution in [2.75, 3.05) is 5.32 Å². The maximum Gasteiger partial charge on any atom is 0.224 e. The molecule has 0 aromatic heterocycles. The van der Waals surface area contributed by atoms with Crippen molar-refractivity contribution in [3.8, 4) is 0 Å². The lowest BCUT2D eigenvalue weighted by Crippen LogP contribution is -2.12. The molecule has 1 N–H and O–H groups in total. The average molecular weight is 209 g/mol. The van der Waals surface area contributed by atoms with Crippen LogP contribution in [0.1, 0.15) is 19.8 Å². The minimum absolute atomic E-state index is 0.0238. The van der Waals surface area contributed by atoms with Gasteiger partial charge in [0.1, 0.15) is 11.6 Å². The molecule has 15 heavy (non-hydrogen) atoms. The first-order chi connectivity index (χ1) is 7.08. The zero-order valence-corrected chi connectivity index (χ0v) is 8.42. The van der Waals surface area contributed by atoms with Gasteiger partial charge in [-0.2, -0.15) is 0 Å². The van der Waals surface area contributed by atoms with Crippen molar-refractivity contribution < 1.29 is 14.0 Å². The number of hydrogen-bond donors (Lipinski definition) is 1. The third-order valence-corrected chi connectivity index (χ3v) is 1.83. The molecule has 80 valence electrons. The molecule has 0 fully saturated rings. The zero-order valence-electron chi connectivity index (χ0n) is 8.42. The van der Waals surface area contributed by atoms with Crippen molar-refractivity contribution in [3.63, 3.8) is 0 Å². The first-order valence-corrected chi connectivity index (χ1v) is 4.63. The average Bonchev–Trinajstić information content (AvgIpc) is 2.19. The number of anilines is 1. The lowest BCUT2D eigenvalue weighted by Gasteiger charge is -2.03. The molecule has 0 saturated carbocycles. The van der Waals surface area contributed by atoms with Gasteiger partial charge in [0.25, 0.3) is 0 Å². The number of carbonyl (C=O) groups excluding carboxylic acids is 2. The molecule has 0 aliphatic carbocycles. The highest BCUT2D eigenvalue weighted by Gasteiger charge is 2.03. The Bertz CT molecular complexity index is 359. The highest BCUT2D eigenvalue weighted by atomic mass is 19.1. The molecule has 0 radical (unpaired) electrons. The molecule has 0 spiro atoms. The van der Waals surface area contributed by atoms with E-state index in [1.165, 1.54) is 31.2 Å². The van der Waals surface area contributed by atoms with E-state index in [1.807, 2.05) is 0 Å². The molecule has 4 heteroatoms. The minimum Gasteiger partial charge on any atom is -0.326 e. The summed E-state index contributed by atoms with van der Waals surface area (Å²) in [6, 6.07) is 5.48. The Balaban J connectivity index is 2.44. The normalized spacial score (nSPS) is 9.73. The number of halogens is 1. The Hall–Kier alpha value is -1.71. The summed E-state index contributed by atoms with van der Waals surface area (Å²) in [6.45, 7) is 1.44. The molecule has 3 nitrogen and oxygen atoms in total. The summed E-state index contributed by atoms with van der Waals surface area (Å²) in [5.41, 5.74) is 0.532. The molecule has 1 aromatic rings. The largest absolute Gasteiger partial charge is 0.326 e. The van der Waals surface area contributed by atoms with E-state index in [0.717, 1.165) is 0 Å². The number of amides is 1. The summed E-state index contributed by atoms with van der Waals surface area (Å²) in [5.74, 6) is -0.613. The molecule has 0 aliphatic rings. The summed E-state index contributed by atoms with van der Waals surface area (Å²) in [5, 5.41) is 2.57. The maximum absolute atomic E-state index is 12.5. The van der Waals surface area contributed by atoms with E-state index in [1.54, 1.807) is 0 Å². The zero-order chi connectivity index (χ0) is 11.3. The Labute approximate surface area is 87.3 Å². The van der Waals surface area contributed by atoms with Crippen LogP contribution in [0.15, 0.2) is 24.3 Å². The van der Waals surface area contributed by atoms with Gasteiger partial charge in [-0.15, -0.1) is 0 Å². The Kier molecular flexibility index (Phi) is 3.97. The van der Waals surface area contributed by atoms with Crippen LogP contribution in [0.5, 0.6) is 0 Å². The molecule has 1 aromatic carbocycles. The summed E-state index contributed by atoms with van der Waals surface area (Å²) in [6.07, 6.45) is 0.389. The predicted molar refractivity (Wildman–Crippen MR) is 54.9 cm³/mol. The Morgan fingerprint density at radius 3 is 2.33 bits per heavy atom. The van der Waals surface area contributed by atoms with Crippen LogP contribution in [0.25, 0.3) is 0 Å². The van der Waals surface area contributed by atoms with Gasteiger partial charge in [0.05, 0.1) is 0 Å². The molecule has 1 rings (SSSR count). The summed E-state index contributed by atoms with van der Waals surface area (Å²) >= 11 is 0. The van der Waals surface area contributed by atoms with Gasteiger partial charge in [-0.05, 0) is 31.2 Å². The molecular weight excluding hydrogens is 197 g/mol. The van der Waals surface area contributed by atoms with Crippen LogP contribution >= 0.6 is 0 Å². The number of Topliss-reactive ketones (excluding diaryl/α,β-unsaturated/α-hetero) is 1. The number of hydrogen-bond acceptors (Lipinski definition) is 2. The highest BCUT2D eigenvalue weighted by Crippen LogP contribution is 2.08. The molecule has 0 aliphatic heterocycles. The van der Waals surface area contributed by atoms with Crippen molar-refractivity contribution in [3.05, 3.63) is 30.1 Å². The fourth-order valence-electron chi connectivity index (χ4n) is 1.05. The van der Waals surface area contributed by atoms with Crippen LogP contribution in [0.4, 0.5) is 10.1 Å². The molecule has 1 amide bonds. The number of rotatable bonds is 4. The summed E-state index contributed by atoms with van der Waals surface area (Å²) in [4.78, 5) is 21.9. The van der Waals surface area contributed by atoms with Gasteiger partial charge in [-0.3, -0.25) is 4.79 Å². The number of ketones is 1. The van der Waals surface area contributed by atoms with E-state index in [4.69, 9.17) is 0 Å². The Morgan fingerprint density at radius 2 is 1.80 bits per heavy atom. The van der Waals surface area contributed by atoms with Gasteiger partial charge in [0.15, 0.2) is 0 Å². The van der Waals surface area contributed by atoms with Crippen molar-refractivity contribution >= 4 is 17.4 Å². The van der Waals surface area contributed by atoms with E-state index in [2.05, 4.69) is 5.32 Å². The summed E-state index contributed by atoms with van der Waals surface area (Å²) < 4.78 is 12.5. The van der Waals surface area contributed by atoms with Gasteiger partial charge >= 0.3 is 0 Å². The molecule has 0 unspecified atom stereocenters. The predicted octanol–water partition coefficient (Wildman–Crippen LogP) is 2.13. The van der Waals surface area contributed by atoms with Crippen molar-refractivity contribution in [1.82, 2.24) is 0 Å². The standard InChI is InChI=1S/C11H12FNO2/c1-8(14)2-7-11(15)13-10-5-3-9(12)4-6-10/h3-6H,2,7H2,1H3,(H,13,15). The quantitative estimate of drug-likeness (QED) is 0.825. The first kappa shape index (κ1) is 11.4. The lowest BCUT2D eigenvalue weighted by molar-refractivity contribution is -0.121. The third-order valence-electron chi connectivity index (χ3n) is 1.83. The second-order valence-corrected chi connectivity index (χ2v) is 3.26. The van der Waals surface area contributed by atoms with E-state index < -0.39 is 0 Å². The molecule has 0 atom stereocenters. The second kappa shape index (κ2) is 5.24. The van der Waals surface area contributed by atoms with Crippen molar-refractivity contribution in [2.45, 2.75) is 19.8 Å². The van der Waals surface area contributed by atoms with Gasteiger partial charge in [0.2, 0.25) is 5.91 Å². The van der Waals surface area contributed by atoms with Crippen LogP contribution in [0.2, 0.25) is 0 Å². The highest BCUT2D eigenvalue weighted by molar-refractivity contribution is 5.93. The Morgan fingerprint density at radius 1 is 1.20 bits per heavy atom.